The highest BCUT2D eigenvalue weighted by Crippen LogP contribution is 2.24. The summed E-state index contributed by atoms with van der Waals surface area (Å²) in [5.41, 5.74) is 1.28. The summed E-state index contributed by atoms with van der Waals surface area (Å²) in [5.74, 6) is -0.174. The van der Waals surface area contributed by atoms with Crippen LogP contribution in [-0.2, 0) is 0 Å². The standard InChI is InChI=1S/C11H12ClN3O/c1-6(2)14-11(16)10-7-5-13-15-9(7)4-3-8(10)12/h3-6H,1-2H3,(H,13,15)(H,14,16). The molecule has 1 aromatic heterocycles. The molecule has 1 heterocycles. The van der Waals surface area contributed by atoms with E-state index in [1.54, 1.807) is 18.3 Å². The maximum absolute atomic E-state index is 12.0. The Bertz CT molecular complexity index is 533. The van der Waals surface area contributed by atoms with Crippen LogP contribution in [0.4, 0.5) is 0 Å². The molecule has 5 heteroatoms. The Hall–Kier alpha value is -1.55. The topological polar surface area (TPSA) is 57.8 Å². The van der Waals surface area contributed by atoms with Crippen LogP contribution in [0.25, 0.3) is 10.9 Å². The van der Waals surface area contributed by atoms with Crippen LogP contribution >= 0.6 is 11.6 Å². The molecule has 2 aromatic rings. The first-order valence-electron chi connectivity index (χ1n) is 5.02. The van der Waals surface area contributed by atoms with E-state index in [1.165, 1.54) is 0 Å². The molecular weight excluding hydrogens is 226 g/mol. The highest BCUT2D eigenvalue weighted by atomic mass is 35.5. The van der Waals surface area contributed by atoms with Gasteiger partial charge in [0, 0.05) is 11.4 Å². The average Bonchev–Trinajstić information content (AvgIpc) is 2.63. The SMILES string of the molecule is CC(C)NC(=O)c1c(Cl)ccc2[nH]ncc12. The minimum atomic E-state index is -0.174. The Kier molecular flexibility index (Phi) is 2.83. The first-order chi connectivity index (χ1) is 7.59. The number of halogens is 1. The van der Waals surface area contributed by atoms with Crippen molar-refractivity contribution in [3.8, 4) is 0 Å². The summed E-state index contributed by atoms with van der Waals surface area (Å²) in [5, 5.41) is 10.7. The van der Waals surface area contributed by atoms with E-state index in [-0.39, 0.29) is 11.9 Å². The van der Waals surface area contributed by atoms with Crippen LogP contribution in [-0.4, -0.2) is 22.1 Å². The van der Waals surface area contributed by atoms with Crippen molar-refractivity contribution in [2.45, 2.75) is 19.9 Å². The summed E-state index contributed by atoms with van der Waals surface area (Å²) < 4.78 is 0. The normalized spacial score (nSPS) is 11.0. The smallest absolute Gasteiger partial charge is 0.253 e. The van der Waals surface area contributed by atoms with Gasteiger partial charge in [-0.25, -0.2) is 0 Å². The van der Waals surface area contributed by atoms with E-state index in [0.29, 0.717) is 10.6 Å². The third-order valence-corrected chi connectivity index (χ3v) is 2.54. The molecule has 2 rings (SSSR count). The molecule has 0 aliphatic carbocycles. The van der Waals surface area contributed by atoms with Crippen molar-refractivity contribution in [1.82, 2.24) is 15.5 Å². The zero-order valence-electron chi connectivity index (χ0n) is 9.04. The van der Waals surface area contributed by atoms with Gasteiger partial charge in [-0.05, 0) is 26.0 Å². The van der Waals surface area contributed by atoms with Crippen LogP contribution in [0, 0.1) is 0 Å². The second-order valence-electron chi connectivity index (χ2n) is 3.88. The molecule has 0 unspecified atom stereocenters. The molecule has 0 radical (unpaired) electrons. The first kappa shape index (κ1) is 11.0. The minimum absolute atomic E-state index is 0.0747. The van der Waals surface area contributed by atoms with Crippen LogP contribution in [0.5, 0.6) is 0 Å². The largest absolute Gasteiger partial charge is 0.350 e. The van der Waals surface area contributed by atoms with E-state index < -0.39 is 0 Å². The van der Waals surface area contributed by atoms with E-state index in [1.807, 2.05) is 13.8 Å². The Morgan fingerprint density at radius 3 is 2.94 bits per heavy atom. The van der Waals surface area contributed by atoms with Gasteiger partial charge in [0.25, 0.3) is 5.91 Å². The van der Waals surface area contributed by atoms with Crippen molar-refractivity contribution < 1.29 is 4.79 Å². The molecule has 0 fully saturated rings. The zero-order valence-corrected chi connectivity index (χ0v) is 9.80. The number of carbonyl (C=O) groups is 1. The number of hydrogen-bond acceptors (Lipinski definition) is 2. The number of nitrogens with zero attached hydrogens (tertiary/aromatic N) is 1. The molecule has 84 valence electrons. The number of H-pyrrole nitrogens is 1. The highest BCUT2D eigenvalue weighted by Gasteiger charge is 2.15. The molecule has 0 saturated heterocycles. The first-order valence-corrected chi connectivity index (χ1v) is 5.40. The Morgan fingerprint density at radius 2 is 2.25 bits per heavy atom. The van der Waals surface area contributed by atoms with Gasteiger partial charge in [-0.1, -0.05) is 11.6 Å². The summed E-state index contributed by atoms with van der Waals surface area (Å²) in [6.07, 6.45) is 1.61. The molecule has 1 amide bonds. The number of aromatic nitrogens is 2. The molecule has 2 N–H and O–H groups in total. The molecule has 1 aromatic carbocycles. The average molecular weight is 238 g/mol. The number of carbonyl (C=O) groups excluding carboxylic acids is 1. The van der Waals surface area contributed by atoms with Crippen molar-refractivity contribution >= 4 is 28.4 Å². The fourth-order valence-corrected chi connectivity index (χ4v) is 1.81. The van der Waals surface area contributed by atoms with Gasteiger partial charge in [0.1, 0.15) is 0 Å². The number of benzene rings is 1. The lowest BCUT2D eigenvalue weighted by atomic mass is 10.1. The fourth-order valence-electron chi connectivity index (χ4n) is 1.56. The number of nitrogens with one attached hydrogen (secondary N) is 2. The van der Waals surface area contributed by atoms with Gasteiger partial charge in [-0.2, -0.15) is 5.10 Å². The molecular formula is C11H12ClN3O. The second kappa shape index (κ2) is 4.14. The van der Waals surface area contributed by atoms with Crippen molar-refractivity contribution in [2.24, 2.45) is 0 Å². The lowest BCUT2D eigenvalue weighted by Gasteiger charge is -2.10. The van der Waals surface area contributed by atoms with E-state index >= 15 is 0 Å². The Labute approximate surface area is 98.0 Å². The van der Waals surface area contributed by atoms with Crippen LogP contribution in [0.15, 0.2) is 18.3 Å². The summed E-state index contributed by atoms with van der Waals surface area (Å²) in [6.45, 7) is 3.81. The highest BCUT2D eigenvalue weighted by molar-refractivity contribution is 6.35. The van der Waals surface area contributed by atoms with Crippen molar-refractivity contribution in [2.75, 3.05) is 0 Å². The van der Waals surface area contributed by atoms with Gasteiger partial charge in [0.05, 0.1) is 22.3 Å². The number of aromatic amines is 1. The molecule has 0 spiro atoms. The summed E-state index contributed by atoms with van der Waals surface area (Å²) in [7, 11) is 0. The predicted octanol–water partition coefficient (Wildman–Crippen LogP) is 2.35. The molecule has 0 saturated carbocycles. The van der Waals surface area contributed by atoms with Gasteiger partial charge in [-0.3, -0.25) is 9.89 Å². The van der Waals surface area contributed by atoms with E-state index in [0.717, 1.165) is 10.9 Å². The summed E-state index contributed by atoms with van der Waals surface area (Å²) >= 11 is 6.04. The van der Waals surface area contributed by atoms with E-state index in [9.17, 15) is 4.79 Å². The van der Waals surface area contributed by atoms with E-state index in [4.69, 9.17) is 11.6 Å². The zero-order chi connectivity index (χ0) is 11.7. The van der Waals surface area contributed by atoms with Crippen LogP contribution in [0.2, 0.25) is 5.02 Å². The van der Waals surface area contributed by atoms with Crippen molar-refractivity contribution in [1.29, 1.82) is 0 Å². The number of amides is 1. The fraction of sp³-hybridized carbons (Fsp3) is 0.273. The Morgan fingerprint density at radius 1 is 1.50 bits per heavy atom. The molecule has 0 atom stereocenters. The van der Waals surface area contributed by atoms with Gasteiger partial charge >= 0.3 is 0 Å². The third kappa shape index (κ3) is 1.88. The molecule has 0 bridgehead atoms. The van der Waals surface area contributed by atoms with Gasteiger partial charge < -0.3 is 5.32 Å². The van der Waals surface area contributed by atoms with Crippen molar-refractivity contribution in [3.05, 3.63) is 28.9 Å². The van der Waals surface area contributed by atoms with Gasteiger partial charge in [-0.15, -0.1) is 0 Å². The maximum atomic E-state index is 12.0. The summed E-state index contributed by atoms with van der Waals surface area (Å²) in [6, 6.07) is 3.57. The molecule has 0 aliphatic heterocycles. The number of rotatable bonds is 2. The summed E-state index contributed by atoms with van der Waals surface area (Å²) in [4.78, 5) is 12.0. The second-order valence-corrected chi connectivity index (χ2v) is 4.29. The van der Waals surface area contributed by atoms with Crippen LogP contribution in [0.3, 0.4) is 0 Å². The molecule has 0 aliphatic rings. The quantitative estimate of drug-likeness (QED) is 0.843. The molecule has 4 nitrogen and oxygen atoms in total. The number of fused-ring (bicyclic) bond motifs is 1. The van der Waals surface area contributed by atoms with Gasteiger partial charge in [0.15, 0.2) is 0 Å². The monoisotopic (exact) mass is 237 g/mol. The molecule has 16 heavy (non-hydrogen) atoms. The lowest BCUT2D eigenvalue weighted by molar-refractivity contribution is 0.0945. The Balaban J connectivity index is 2.53. The third-order valence-electron chi connectivity index (χ3n) is 2.22. The minimum Gasteiger partial charge on any atom is -0.350 e. The van der Waals surface area contributed by atoms with Crippen molar-refractivity contribution in [3.63, 3.8) is 0 Å². The number of hydrogen-bond donors (Lipinski definition) is 2. The maximum Gasteiger partial charge on any atom is 0.253 e. The van der Waals surface area contributed by atoms with Crippen LogP contribution < -0.4 is 5.32 Å². The van der Waals surface area contributed by atoms with Gasteiger partial charge in [0.2, 0.25) is 0 Å². The predicted molar refractivity (Wildman–Crippen MR) is 63.7 cm³/mol. The lowest BCUT2D eigenvalue weighted by Crippen LogP contribution is -2.30. The van der Waals surface area contributed by atoms with E-state index in [2.05, 4.69) is 15.5 Å². The van der Waals surface area contributed by atoms with Crippen LogP contribution in [0.1, 0.15) is 24.2 Å².